The topological polar surface area (TPSA) is 0 Å². The summed E-state index contributed by atoms with van der Waals surface area (Å²) in [5.41, 5.74) is 1.98. The molecule has 0 aromatic carbocycles. The lowest BCUT2D eigenvalue weighted by molar-refractivity contribution is 0.250. The van der Waals surface area contributed by atoms with Crippen molar-refractivity contribution in [3.8, 4) is 0 Å². The van der Waals surface area contributed by atoms with Crippen LogP contribution in [0.1, 0.15) is 48.0 Å². The molecule has 0 radical (unpaired) electrons. The molecule has 0 heteroatoms. The molecule has 0 saturated heterocycles. The van der Waals surface area contributed by atoms with Gasteiger partial charge in [0.25, 0.3) is 0 Å². The van der Waals surface area contributed by atoms with Crippen molar-refractivity contribution >= 4 is 0 Å². The van der Waals surface area contributed by atoms with Crippen LogP contribution in [0, 0.1) is 10.8 Å². The zero-order valence-electron chi connectivity index (χ0n) is 8.91. The number of rotatable bonds is 2. The zero-order valence-corrected chi connectivity index (χ0v) is 8.91. The molecule has 0 amide bonds. The molecule has 0 saturated carbocycles. The Kier molecular flexibility index (Phi) is 2.93. The van der Waals surface area contributed by atoms with Crippen LogP contribution in [0.15, 0.2) is 12.2 Å². The average Bonchev–Trinajstić information content (AvgIpc) is 1.56. The Bertz CT molecular complexity index is 144. The van der Waals surface area contributed by atoms with Crippen molar-refractivity contribution in [2.75, 3.05) is 0 Å². The smallest absolute Gasteiger partial charge is 0.0145 e. The van der Waals surface area contributed by atoms with Gasteiger partial charge < -0.3 is 0 Å². The van der Waals surface area contributed by atoms with Gasteiger partial charge in [-0.2, -0.15) is 0 Å². The quantitative estimate of drug-likeness (QED) is 0.527. The van der Waals surface area contributed by atoms with Crippen molar-refractivity contribution in [3.05, 3.63) is 12.2 Å². The average molecular weight is 154 g/mol. The lowest BCUT2D eigenvalue weighted by atomic mass is 9.73. The summed E-state index contributed by atoms with van der Waals surface area (Å²) in [6.45, 7) is 17.5. The standard InChI is InChI=1S/C11H22/c1-9(2)11(6,7)8-10(3,4)5/h1,8H2,2-7H3. The molecule has 66 valence electrons. The molecule has 0 aromatic heterocycles. The fourth-order valence-electron chi connectivity index (χ4n) is 1.48. The van der Waals surface area contributed by atoms with Crippen LogP contribution in [0.5, 0.6) is 0 Å². The minimum atomic E-state index is 0.290. The fourth-order valence-corrected chi connectivity index (χ4v) is 1.48. The summed E-state index contributed by atoms with van der Waals surface area (Å²) >= 11 is 0. The van der Waals surface area contributed by atoms with Crippen molar-refractivity contribution in [1.29, 1.82) is 0 Å². The molecule has 0 nitrogen and oxygen atoms in total. The highest BCUT2D eigenvalue weighted by atomic mass is 14.3. The van der Waals surface area contributed by atoms with Crippen molar-refractivity contribution < 1.29 is 0 Å². The highest BCUT2D eigenvalue weighted by Crippen LogP contribution is 2.37. The monoisotopic (exact) mass is 154 g/mol. The van der Waals surface area contributed by atoms with Gasteiger partial charge in [-0.25, -0.2) is 0 Å². The summed E-state index contributed by atoms with van der Waals surface area (Å²) in [4.78, 5) is 0. The molecular weight excluding hydrogens is 132 g/mol. The van der Waals surface area contributed by atoms with Gasteiger partial charge in [0.05, 0.1) is 0 Å². The van der Waals surface area contributed by atoms with Crippen LogP contribution >= 0.6 is 0 Å². The SMILES string of the molecule is C=C(C)C(C)(C)CC(C)(C)C. The van der Waals surface area contributed by atoms with Gasteiger partial charge in [0, 0.05) is 0 Å². The number of hydrogen-bond donors (Lipinski definition) is 0. The molecule has 0 bridgehead atoms. The first kappa shape index (κ1) is 10.7. The third kappa shape index (κ3) is 4.23. The van der Waals surface area contributed by atoms with Gasteiger partial charge in [0.2, 0.25) is 0 Å². The second-order valence-corrected chi connectivity index (χ2v) is 5.40. The van der Waals surface area contributed by atoms with E-state index in [9.17, 15) is 0 Å². The first-order valence-corrected chi connectivity index (χ1v) is 4.31. The molecular formula is C11H22. The van der Waals surface area contributed by atoms with Gasteiger partial charge in [-0.15, -0.1) is 0 Å². The van der Waals surface area contributed by atoms with E-state index in [4.69, 9.17) is 0 Å². The molecule has 0 aliphatic carbocycles. The highest BCUT2D eigenvalue weighted by Gasteiger charge is 2.25. The van der Waals surface area contributed by atoms with Gasteiger partial charge in [0.1, 0.15) is 0 Å². The Balaban J connectivity index is 4.25. The van der Waals surface area contributed by atoms with E-state index < -0.39 is 0 Å². The Morgan fingerprint density at radius 2 is 1.45 bits per heavy atom. The van der Waals surface area contributed by atoms with Crippen LogP contribution < -0.4 is 0 Å². The van der Waals surface area contributed by atoms with E-state index in [0.29, 0.717) is 5.41 Å². The van der Waals surface area contributed by atoms with Gasteiger partial charge in [-0.05, 0) is 24.2 Å². The van der Waals surface area contributed by atoms with E-state index in [-0.39, 0.29) is 5.41 Å². The summed E-state index contributed by atoms with van der Waals surface area (Å²) in [6, 6.07) is 0. The summed E-state index contributed by atoms with van der Waals surface area (Å²) in [5, 5.41) is 0. The lowest BCUT2D eigenvalue weighted by Gasteiger charge is -2.32. The van der Waals surface area contributed by atoms with Crippen molar-refractivity contribution in [2.24, 2.45) is 10.8 Å². The fraction of sp³-hybridized carbons (Fsp3) is 0.818. The van der Waals surface area contributed by atoms with Crippen LogP contribution in [0.25, 0.3) is 0 Å². The van der Waals surface area contributed by atoms with Gasteiger partial charge in [-0.3, -0.25) is 0 Å². The molecule has 0 spiro atoms. The van der Waals surface area contributed by atoms with E-state index in [2.05, 4.69) is 48.1 Å². The predicted molar refractivity (Wildman–Crippen MR) is 52.7 cm³/mol. The normalized spacial score (nSPS) is 13.3. The Morgan fingerprint density at radius 1 is 1.09 bits per heavy atom. The summed E-state index contributed by atoms with van der Waals surface area (Å²) < 4.78 is 0. The molecule has 0 rings (SSSR count). The zero-order chi connectivity index (χ0) is 9.28. The highest BCUT2D eigenvalue weighted by molar-refractivity contribution is 5.04. The van der Waals surface area contributed by atoms with E-state index >= 15 is 0 Å². The third-order valence-electron chi connectivity index (χ3n) is 2.13. The second-order valence-electron chi connectivity index (χ2n) is 5.40. The number of allylic oxidation sites excluding steroid dienone is 1. The molecule has 0 aliphatic rings. The van der Waals surface area contributed by atoms with E-state index in [1.54, 1.807) is 0 Å². The molecule has 0 heterocycles. The van der Waals surface area contributed by atoms with Crippen LogP contribution in [0.2, 0.25) is 0 Å². The molecule has 0 aromatic rings. The summed E-state index contributed by atoms with van der Waals surface area (Å²) in [5.74, 6) is 0. The predicted octanol–water partition coefficient (Wildman–Crippen LogP) is 4.02. The van der Waals surface area contributed by atoms with Crippen LogP contribution in [0.3, 0.4) is 0 Å². The minimum Gasteiger partial charge on any atom is -0.0996 e. The maximum Gasteiger partial charge on any atom is -0.0145 e. The summed E-state index contributed by atoms with van der Waals surface area (Å²) in [7, 11) is 0. The van der Waals surface area contributed by atoms with Gasteiger partial charge in [0.15, 0.2) is 0 Å². The van der Waals surface area contributed by atoms with Crippen molar-refractivity contribution in [1.82, 2.24) is 0 Å². The van der Waals surface area contributed by atoms with Crippen LogP contribution in [-0.4, -0.2) is 0 Å². The Morgan fingerprint density at radius 3 is 1.55 bits per heavy atom. The van der Waals surface area contributed by atoms with E-state index in [1.807, 2.05) is 0 Å². The number of hydrogen-bond acceptors (Lipinski definition) is 0. The largest absolute Gasteiger partial charge is 0.0996 e. The van der Waals surface area contributed by atoms with Gasteiger partial charge in [-0.1, -0.05) is 46.8 Å². The van der Waals surface area contributed by atoms with Gasteiger partial charge >= 0.3 is 0 Å². The van der Waals surface area contributed by atoms with E-state index in [1.165, 1.54) is 12.0 Å². The first-order valence-electron chi connectivity index (χ1n) is 4.31. The molecule has 0 N–H and O–H groups in total. The third-order valence-corrected chi connectivity index (χ3v) is 2.13. The minimum absolute atomic E-state index is 0.290. The van der Waals surface area contributed by atoms with Crippen LogP contribution in [-0.2, 0) is 0 Å². The maximum absolute atomic E-state index is 4.01. The molecule has 0 unspecified atom stereocenters. The molecule has 0 fully saturated rings. The van der Waals surface area contributed by atoms with Crippen LogP contribution in [0.4, 0.5) is 0 Å². The Labute approximate surface area is 71.7 Å². The first-order chi connectivity index (χ1) is 4.65. The lowest BCUT2D eigenvalue weighted by Crippen LogP contribution is -2.21. The molecule has 0 atom stereocenters. The molecule has 0 aliphatic heterocycles. The van der Waals surface area contributed by atoms with E-state index in [0.717, 1.165) is 0 Å². The second kappa shape index (κ2) is 3.00. The van der Waals surface area contributed by atoms with Crippen molar-refractivity contribution in [3.63, 3.8) is 0 Å². The molecule has 11 heavy (non-hydrogen) atoms. The van der Waals surface area contributed by atoms with Crippen molar-refractivity contribution in [2.45, 2.75) is 48.0 Å². The Hall–Kier alpha value is -0.260. The summed E-state index contributed by atoms with van der Waals surface area (Å²) in [6.07, 6.45) is 1.20. The maximum atomic E-state index is 4.01.